The van der Waals surface area contributed by atoms with E-state index in [2.05, 4.69) is 22.4 Å². The third-order valence-corrected chi connectivity index (χ3v) is 3.93. The first-order valence-corrected chi connectivity index (χ1v) is 6.72. The van der Waals surface area contributed by atoms with Crippen molar-refractivity contribution in [1.82, 2.24) is 9.55 Å². The highest BCUT2D eigenvalue weighted by Gasteiger charge is 2.17. The van der Waals surface area contributed by atoms with Crippen LogP contribution in [0.4, 0.5) is 10.1 Å². The topological polar surface area (TPSA) is 29.9 Å². The Morgan fingerprint density at radius 3 is 2.95 bits per heavy atom. The van der Waals surface area contributed by atoms with E-state index in [-0.39, 0.29) is 5.82 Å². The van der Waals surface area contributed by atoms with Crippen molar-refractivity contribution < 1.29 is 4.39 Å². The van der Waals surface area contributed by atoms with Gasteiger partial charge < -0.3 is 9.88 Å². The van der Waals surface area contributed by atoms with Crippen LogP contribution in [0, 0.1) is 5.82 Å². The van der Waals surface area contributed by atoms with Crippen LogP contribution in [0.15, 0.2) is 36.4 Å². The van der Waals surface area contributed by atoms with Crippen LogP contribution in [-0.2, 0) is 13.5 Å². The maximum atomic E-state index is 14.0. The molecule has 1 aliphatic rings. The van der Waals surface area contributed by atoms with Gasteiger partial charge in [0.15, 0.2) is 0 Å². The number of hydrogen-bond donors (Lipinski definition) is 1. The lowest BCUT2D eigenvalue weighted by molar-refractivity contribution is 0.629. The third-order valence-electron chi connectivity index (χ3n) is 3.93. The minimum Gasteiger partial charge on any atom is -0.384 e. The third kappa shape index (κ3) is 1.54. The van der Waals surface area contributed by atoms with Crippen LogP contribution in [0.2, 0.25) is 0 Å². The molecule has 0 radical (unpaired) electrons. The summed E-state index contributed by atoms with van der Waals surface area (Å²) in [6, 6.07) is 11.0. The van der Waals surface area contributed by atoms with Crippen LogP contribution in [0.5, 0.6) is 0 Å². The number of fused-ring (bicyclic) bond motifs is 2. The van der Waals surface area contributed by atoms with E-state index >= 15 is 0 Å². The zero-order valence-electron chi connectivity index (χ0n) is 11.2. The van der Waals surface area contributed by atoms with E-state index in [1.54, 1.807) is 12.1 Å². The molecule has 1 aromatic heterocycles. The van der Waals surface area contributed by atoms with Gasteiger partial charge in [0.2, 0.25) is 0 Å². The Kier molecular flexibility index (Phi) is 2.33. The fraction of sp³-hybridized carbons (Fsp3) is 0.188. The average Bonchev–Trinajstić information content (AvgIpc) is 3.02. The normalized spacial score (nSPS) is 13.5. The Morgan fingerprint density at radius 1 is 1.25 bits per heavy atom. The molecule has 2 heterocycles. The van der Waals surface area contributed by atoms with Crippen LogP contribution in [-0.4, -0.2) is 16.1 Å². The predicted octanol–water partition coefficient (Wildman–Crippen LogP) is 3.35. The Morgan fingerprint density at radius 2 is 2.10 bits per heavy atom. The molecular formula is C16H14FN3. The highest BCUT2D eigenvalue weighted by Crippen LogP contribution is 2.31. The molecule has 0 aliphatic carbocycles. The Labute approximate surface area is 116 Å². The molecule has 100 valence electrons. The average molecular weight is 267 g/mol. The summed E-state index contributed by atoms with van der Waals surface area (Å²) in [5.41, 5.74) is 4.94. The van der Waals surface area contributed by atoms with E-state index in [0.717, 1.165) is 29.7 Å². The standard InChI is InChI=1S/C16H14FN3/c1-20-15-8-10-6-7-18-13(10)9-14(15)19-16(20)11-4-2-3-5-12(11)17/h2-5,8-9,18H,6-7H2,1H3. The van der Waals surface area contributed by atoms with E-state index < -0.39 is 0 Å². The summed E-state index contributed by atoms with van der Waals surface area (Å²) in [4.78, 5) is 4.60. The maximum absolute atomic E-state index is 14.0. The van der Waals surface area contributed by atoms with Crippen molar-refractivity contribution in [3.05, 3.63) is 47.8 Å². The van der Waals surface area contributed by atoms with Crippen LogP contribution >= 0.6 is 0 Å². The summed E-state index contributed by atoms with van der Waals surface area (Å²) in [5, 5.41) is 3.35. The lowest BCUT2D eigenvalue weighted by Gasteiger charge is -2.04. The highest BCUT2D eigenvalue weighted by atomic mass is 19.1. The lowest BCUT2D eigenvalue weighted by Crippen LogP contribution is -1.94. The van der Waals surface area contributed by atoms with Gasteiger partial charge in [-0.2, -0.15) is 0 Å². The summed E-state index contributed by atoms with van der Waals surface area (Å²) < 4.78 is 15.9. The molecule has 0 spiro atoms. The summed E-state index contributed by atoms with van der Waals surface area (Å²) in [6.07, 6.45) is 1.03. The molecule has 1 aliphatic heterocycles. The molecule has 1 N–H and O–H groups in total. The van der Waals surface area contributed by atoms with Crippen LogP contribution in [0.3, 0.4) is 0 Å². The quantitative estimate of drug-likeness (QED) is 0.732. The Hall–Kier alpha value is -2.36. The van der Waals surface area contributed by atoms with E-state index in [4.69, 9.17) is 0 Å². The molecule has 4 heteroatoms. The van der Waals surface area contributed by atoms with Gasteiger partial charge in [-0.15, -0.1) is 0 Å². The zero-order chi connectivity index (χ0) is 13.7. The Bertz CT molecular complexity index is 820. The summed E-state index contributed by atoms with van der Waals surface area (Å²) in [6.45, 7) is 0.978. The first-order chi connectivity index (χ1) is 9.74. The molecule has 2 aromatic carbocycles. The first kappa shape index (κ1) is 11.5. The minimum atomic E-state index is -0.239. The molecule has 0 bridgehead atoms. The number of anilines is 1. The van der Waals surface area contributed by atoms with Gasteiger partial charge in [0.1, 0.15) is 11.6 Å². The fourth-order valence-corrected chi connectivity index (χ4v) is 2.87. The van der Waals surface area contributed by atoms with Crippen molar-refractivity contribution in [3.8, 4) is 11.4 Å². The molecular weight excluding hydrogens is 253 g/mol. The van der Waals surface area contributed by atoms with Crippen molar-refractivity contribution in [2.75, 3.05) is 11.9 Å². The van der Waals surface area contributed by atoms with Crippen molar-refractivity contribution in [2.24, 2.45) is 7.05 Å². The number of nitrogens with zero attached hydrogens (tertiary/aromatic N) is 2. The fourth-order valence-electron chi connectivity index (χ4n) is 2.87. The first-order valence-electron chi connectivity index (χ1n) is 6.72. The van der Waals surface area contributed by atoms with Gasteiger partial charge in [0, 0.05) is 19.3 Å². The maximum Gasteiger partial charge on any atom is 0.143 e. The summed E-state index contributed by atoms with van der Waals surface area (Å²) in [7, 11) is 1.94. The second-order valence-corrected chi connectivity index (χ2v) is 5.15. The van der Waals surface area contributed by atoms with Gasteiger partial charge in [-0.25, -0.2) is 9.37 Å². The van der Waals surface area contributed by atoms with Crippen molar-refractivity contribution in [1.29, 1.82) is 0 Å². The molecule has 0 amide bonds. The molecule has 0 unspecified atom stereocenters. The second kappa shape index (κ2) is 4.07. The highest BCUT2D eigenvalue weighted by molar-refractivity contribution is 5.86. The molecule has 0 saturated heterocycles. The van der Waals surface area contributed by atoms with Crippen LogP contribution in [0.1, 0.15) is 5.56 Å². The molecule has 4 rings (SSSR count). The number of hydrogen-bond acceptors (Lipinski definition) is 2. The lowest BCUT2D eigenvalue weighted by atomic mass is 10.1. The monoisotopic (exact) mass is 267 g/mol. The molecule has 3 aromatic rings. The largest absolute Gasteiger partial charge is 0.384 e. The van der Waals surface area contributed by atoms with E-state index in [1.165, 1.54) is 11.6 Å². The number of benzene rings is 2. The van der Waals surface area contributed by atoms with E-state index in [9.17, 15) is 4.39 Å². The number of imidazole rings is 1. The van der Waals surface area contributed by atoms with Gasteiger partial charge in [0.05, 0.1) is 16.6 Å². The van der Waals surface area contributed by atoms with Crippen molar-refractivity contribution in [3.63, 3.8) is 0 Å². The summed E-state index contributed by atoms with van der Waals surface area (Å²) >= 11 is 0. The molecule has 20 heavy (non-hydrogen) atoms. The molecule has 0 saturated carbocycles. The number of nitrogens with one attached hydrogen (secondary N) is 1. The van der Waals surface area contributed by atoms with Crippen molar-refractivity contribution >= 4 is 16.7 Å². The number of rotatable bonds is 1. The predicted molar refractivity (Wildman–Crippen MR) is 78.3 cm³/mol. The minimum absolute atomic E-state index is 0.239. The number of halogens is 1. The SMILES string of the molecule is Cn1c(-c2ccccc2F)nc2cc3c(cc21)CCN3. The van der Waals surface area contributed by atoms with Gasteiger partial charge in [0.25, 0.3) is 0 Å². The zero-order valence-corrected chi connectivity index (χ0v) is 11.2. The van der Waals surface area contributed by atoms with Crippen LogP contribution in [0.25, 0.3) is 22.4 Å². The van der Waals surface area contributed by atoms with Crippen molar-refractivity contribution in [2.45, 2.75) is 6.42 Å². The number of aromatic nitrogens is 2. The van der Waals surface area contributed by atoms with Gasteiger partial charge in [-0.3, -0.25) is 0 Å². The summed E-state index contributed by atoms with van der Waals surface area (Å²) in [5.74, 6) is 0.429. The van der Waals surface area contributed by atoms with E-state index in [1.807, 2.05) is 17.7 Å². The smallest absolute Gasteiger partial charge is 0.143 e. The molecule has 0 atom stereocenters. The van der Waals surface area contributed by atoms with E-state index in [0.29, 0.717) is 11.4 Å². The van der Waals surface area contributed by atoms with Gasteiger partial charge >= 0.3 is 0 Å². The molecule has 0 fully saturated rings. The van der Waals surface area contributed by atoms with Gasteiger partial charge in [-0.05, 0) is 36.2 Å². The van der Waals surface area contributed by atoms with Gasteiger partial charge in [-0.1, -0.05) is 12.1 Å². The molecule has 3 nitrogen and oxygen atoms in total. The van der Waals surface area contributed by atoms with Crippen LogP contribution < -0.4 is 5.32 Å². The number of aryl methyl sites for hydroxylation is 1. The Balaban J connectivity index is 1.98. The second-order valence-electron chi connectivity index (χ2n) is 5.15.